The van der Waals surface area contributed by atoms with E-state index in [2.05, 4.69) is 5.32 Å². The van der Waals surface area contributed by atoms with Crippen LogP contribution in [0.5, 0.6) is 0 Å². The molecule has 0 heterocycles. The van der Waals surface area contributed by atoms with Crippen molar-refractivity contribution in [2.45, 2.75) is 83.3 Å². The van der Waals surface area contributed by atoms with E-state index in [0.717, 1.165) is 53.1 Å². The lowest BCUT2D eigenvalue weighted by Crippen LogP contribution is -2.53. The fourth-order valence-corrected chi connectivity index (χ4v) is 7.35. The molecular formula is C33H39Cl2N3O4S. The van der Waals surface area contributed by atoms with E-state index in [1.165, 1.54) is 17.0 Å². The van der Waals surface area contributed by atoms with E-state index < -0.39 is 28.5 Å². The predicted octanol–water partition coefficient (Wildman–Crippen LogP) is 6.98. The molecule has 0 unspecified atom stereocenters. The lowest BCUT2D eigenvalue weighted by molar-refractivity contribution is -0.139. The fraction of sp³-hybridized carbons (Fsp3) is 0.394. The Kier molecular flexibility index (Phi) is 10.8. The van der Waals surface area contributed by atoms with E-state index in [-0.39, 0.29) is 23.4 Å². The molecule has 0 aliphatic heterocycles. The van der Waals surface area contributed by atoms with Crippen LogP contribution in [0.3, 0.4) is 0 Å². The molecular weight excluding hydrogens is 605 g/mol. The summed E-state index contributed by atoms with van der Waals surface area (Å²) in [5, 5.41) is 3.80. The van der Waals surface area contributed by atoms with Gasteiger partial charge in [-0.25, -0.2) is 8.42 Å². The second-order valence-electron chi connectivity index (χ2n) is 11.3. The highest BCUT2D eigenvalue weighted by Crippen LogP contribution is 2.31. The lowest BCUT2D eigenvalue weighted by Gasteiger charge is -2.34. The number of carbonyl (C=O) groups excluding carboxylic acids is 2. The van der Waals surface area contributed by atoms with Crippen LogP contribution in [0.4, 0.5) is 5.69 Å². The van der Waals surface area contributed by atoms with Gasteiger partial charge in [0, 0.05) is 28.2 Å². The van der Waals surface area contributed by atoms with E-state index in [1.54, 1.807) is 49.4 Å². The molecule has 230 valence electrons. The zero-order chi connectivity index (χ0) is 31.3. The number of carbonyl (C=O) groups is 2. The largest absolute Gasteiger partial charge is 0.352 e. The van der Waals surface area contributed by atoms with Crippen molar-refractivity contribution in [2.24, 2.45) is 0 Å². The highest BCUT2D eigenvalue weighted by Gasteiger charge is 2.34. The Morgan fingerprint density at radius 3 is 2.14 bits per heavy atom. The molecule has 3 aromatic carbocycles. The van der Waals surface area contributed by atoms with Crippen LogP contribution in [0.15, 0.2) is 65.6 Å². The molecule has 3 aromatic rings. The van der Waals surface area contributed by atoms with Crippen molar-refractivity contribution in [2.75, 3.05) is 10.8 Å². The zero-order valence-electron chi connectivity index (χ0n) is 25.1. The average molecular weight is 645 g/mol. The second-order valence-corrected chi connectivity index (χ2v) is 14.0. The Labute approximate surface area is 265 Å². The maximum Gasteiger partial charge on any atom is 0.264 e. The number of anilines is 1. The van der Waals surface area contributed by atoms with Crippen molar-refractivity contribution in [1.29, 1.82) is 0 Å². The van der Waals surface area contributed by atoms with Crippen LogP contribution in [0.2, 0.25) is 10.0 Å². The van der Waals surface area contributed by atoms with Crippen LogP contribution < -0.4 is 9.62 Å². The first-order chi connectivity index (χ1) is 20.4. The summed E-state index contributed by atoms with van der Waals surface area (Å²) >= 11 is 13.0. The van der Waals surface area contributed by atoms with Gasteiger partial charge < -0.3 is 10.2 Å². The average Bonchev–Trinajstić information content (AvgIpc) is 2.97. The highest BCUT2D eigenvalue weighted by molar-refractivity contribution is 7.92. The van der Waals surface area contributed by atoms with Gasteiger partial charge in [-0.15, -0.1) is 0 Å². The molecule has 0 bridgehead atoms. The molecule has 0 radical (unpaired) electrons. The Balaban J connectivity index is 1.74. The number of hydrogen-bond acceptors (Lipinski definition) is 4. The first-order valence-corrected chi connectivity index (χ1v) is 16.8. The standard InChI is InChI=1S/C33H39Cl2N3O4S/c1-22-16-18-27(19-17-22)43(41,42)38(31-15-8-10-23(2)24(31)3)21-32(39)37(20-28-29(34)13-9-14-30(28)35)25(4)33(40)36-26-11-6-5-7-12-26/h8-10,13-19,25-26H,5-7,11-12,20-21H2,1-4H3,(H,36,40)/t25-/m1/s1. The van der Waals surface area contributed by atoms with Crippen LogP contribution in [-0.2, 0) is 26.2 Å². The predicted molar refractivity (Wildman–Crippen MR) is 173 cm³/mol. The molecule has 0 saturated heterocycles. The SMILES string of the molecule is Cc1ccc(S(=O)(=O)N(CC(=O)N(Cc2c(Cl)cccc2Cl)[C@H](C)C(=O)NC2CCCCC2)c2cccc(C)c2C)cc1. The van der Waals surface area contributed by atoms with Gasteiger partial charge in [-0.05, 0) is 82.0 Å². The number of aryl methyl sites for hydroxylation is 2. The van der Waals surface area contributed by atoms with E-state index in [1.807, 2.05) is 26.8 Å². The number of rotatable bonds is 10. The molecule has 4 rings (SSSR count). The fourth-order valence-electron chi connectivity index (χ4n) is 5.36. The summed E-state index contributed by atoms with van der Waals surface area (Å²) in [6.45, 7) is 6.65. The van der Waals surface area contributed by atoms with Crippen molar-refractivity contribution in [1.82, 2.24) is 10.2 Å². The molecule has 1 aliphatic carbocycles. The van der Waals surface area contributed by atoms with Crippen molar-refractivity contribution < 1.29 is 18.0 Å². The Bertz CT molecular complexity index is 1550. The molecule has 1 aliphatic rings. The zero-order valence-corrected chi connectivity index (χ0v) is 27.4. The molecule has 2 amide bonds. The maximum absolute atomic E-state index is 14.3. The van der Waals surface area contributed by atoms with Gasteiger partial charge in [0.1, 0.15) is 12.6 Å². The quantitative estimate of drug-likeness (QED) is 0.258. The highest BCUT2D eigenvalue weighted by atomic mass is 35.5. The third-order valence-corrected chi connectivity index (χ3v) is 10.7. The summed E-state index contributed by atoms with van der Waals surface area (Å²) in [5.41, 5.74) is 3.40. The topological polar surface area (TPSA) is 86.8 Å². The lowest BCUT2D eigenvalue weighted by atomic mass is 9.95. The Morgan fingerprint density at radius 2 is 1.51 bits per heavy atom. The van der Waals surface area contributed by atoms with Crippen molar-refractivity contribution in [3.63, 3.8) is 0 Å². The number of amides is 2. The first kappa shape index (κ1) is 32.8. The summed E-state index contributed by atoms with van der Waals surface area (Å²) in [6, 6.07) is 16.0. The molecule has 10 heteroatoms. The summed E-state index contributed by atoms with van der Waals surface area (Å²) in [6.07, 6.45) is 4.99. The van der Waals surface area contributed by atoms with E-state index in [4.69, 9.17) is 23.2 Å². The molecule has 0 spiro atoms. The summed E-state index contributed by atoms with van der Waals surface area (Å²) in [5.74, 6) is -0.859. The van der Waals surface area contributed by atoms with Crippen LogP contribution in [0.25, 0.3) is 0 Å². The minimum Gasteiger partial charge on any atom is -0.352 e. The maximum atomic E-state index is 14.3. The van der Waals surface area contributed by atoms with Gasteiger partial charge >= 0.3 is 0 Å². The van der Waals surface area contributed by atoms with Gasteiger partial charge in [0.05, 0.1) is 10.6 Å². The number of benzene rings is 3. The van der Waals surface area contributed by atoms with Gasteiger partial charge in [0.25, 0.3) is 10.0 Å². The van der Waals surface area contributed by atoms with Gasteiger partial charge in [-0.1, -0.05) is 78.4 Å². The number of nitrogens with zero attached hydrogens (tertiary/aromatic N) is 2. The number of sulfonamides is 1. The molecule has 43 heavy (non-hydrogen) atoms. The van der Waals surface area contributed by atoms with Gasteiger partial charge in [-0.3, -0.25) is 13.9 Å². The number of hydrogen-bond donors (Lipinski definition) is 1. The van der Waals surface area contributed by atoms with Gasteiger partial charge in [-0.2, -0.15) is 0 Å². The summed E-state index contributed by atoms with van der Waals surface area (Å²) in [4.78, 5) is 29.2. The molecule has 0 aromatic heterocycles. The molecule has 1 atom stereocenters. The van der Waals surface area contributed by atoms with Crippen LogP contribution in [0.1, 0.15) is 61.3 Å². The number of nitrogens with one attached hydrogen (secondary N) is 1. The van der Waals surface area contributed by atoms with Gasteiger partial charge in [0.15, 0.2) is 0 Å². The van der Waals surface area contributed by atoms with E-state index in [0.29, 0.717) is 21.3 Å². The summed E-state index contributed by atoms with van der Waals surface area (Å²) in [7, 11) is -4.16. The molecule has 7 nitrogen and oxygen atoms in total. The van der Waals surface area contributed by atoms with Crippen LogP contribution in [0, 0.1) is 20.8 Å². The Morgan fingerprint density at radius 1 is 0.907 bits per heavy atom. The first-order valence-electron chi connectivity index (χ1n) is 14.6. The third kappa shape index (κ3) is 7.72. The van der Waals surface area contributed by atoms with Crippen molar-refractivity contribution in [3.8, 4) is 0 Å². The van der Waals surface area contributed by atoms with E-state index >= 15 is 0 Å². The van der Waals surface area contributed by atoms with Crippen molar-refractivity contribution in [3.05, 3.63) is 93.0 Å². The van der Waals surface area contributed by atoms with E-state index in [9.17, 15) is 18.0 Å². The van der Waals surface area contributed by atoms with Gasteiger partial charge in [0.2, 0.25) is 11.8 Å². The number of halogens is 2. The second kappa shape index (κ2) is 14.1. The molecule has 1 N–H and O–H groups in total. The van der Waals surface area contributed by atoms with Crippen LogP contribution >= 0.6 is 23.2 Å². The third-order valence-electron chi connectivity index (χ3n) is 8.24. The minimum atomic E-state index is -4.16. The van der Waals surface area contributed by atoms with Crippen LogP contribution in [-0.4, -0.2) is 43.8 Å². The Hall–Kier alpha value is -3.07. The summed E-state index contributed by atoms with van der Waals surface area (Å²) < 4.78 is 29.4. The molecule has 1 saturated carbocycles. The molecule has 1 fully saturated rings. The monoisotopic (exact) mass is 643 g/mol. The smallest absolute Gasteiger partial charge is 0.264 e. The van der Waals surface area contributed by atoms with Crippen molar-refractivity contribution >= 4 is 50.7 Å². The normalized spacial score (nSPS) is 14.7. The minimum absolute atomic E-state index is 0.0397.